The fourth-order valence-corrected chi connectivity index (χ4v) is 2.78. The van der Waals surface area contributed by atoms with Crippen molar-refractivity contribution in [3.05, 3.63) is 73.9 Å². The maximum Gasteiger partial charge on any atom is 0.269 e. The summed E-state index contributed by atoms with van der Waals surface area (Å²) >= 11 is 5.20. The van der Waals surface area contributed by atoms with Gasteiger partial charge in [-0.1, -0.05) is 23.8 Å². The summed E-state index contributed by atoms with van der Waals surface area (Å²) in [5.41, 5.74) is 1.63. The van der Waals surface area contributed by atoms with E-state index in [-0.39, 0.29) is 27.2 Å². The molecule has 0 fully saturated rings. The Kier molecular flexibility index (Phi) is 3.86. The van der Waals surface area contributed by atoms with Gasteiger partial charge in [0.25, 0.3) is 5.69 Å². The molecule has 0 saturated carbocycles. The molecule has 1 aromatic heterocycles. The normalized spacial score (nSPS) is 10.7. The zero-order chi connectivity index (χ0) is 17.4. The van der Waals surface area contributed by atoms with Crippen LogP contribution in [0.3, 0.4) is 0 Å². The van der Waals surface area contributed by atoms with Crippen molar-refractivity contribution in [1.82, 2.24) is 4.98 Å². The van der Waals surface area contributed by atoms with Gasteiger partial charge in [0, 0.05) is 23.1 Å². The first-order chi connectivity index (χ1) is 11.4. The van der Waals surface area contributed by atoms with E-state index in [1.54, 1.807) is 12.1 Å². The van der Waals surface area contributed by atoms with Gasteiger partial charge in [0.15, 0.2) is 5.78 Å². The highest BCUT2D eigenvalue weighted by atomic mass is 32.1. The molecule has 0 aliphatic rings. The summed E-state index contributed by atoms with van der Waals surface area (Å²) < 4.78 is 0.118. The molecule has 0 aliphatic carbocycles. The highest BCUT2D eigenvalue weighted by Gasteiger charge is 2.19. The first kappa shape index (κ1) is 15.8. The zero-order valence-corrected chi connectivity index (χ0v) is 13.4. The van der Waals surface area contributed by atoms with E-state index >= 15 is 0 Å². The number of hydrogen-bond acceptors (Lipinski definition) is 5. The summed E-state index contributed by atoms with van der Waals surface area (Å²) in [6.07, 6.45) is 0. The minimum Gasteiger partial charge on any atom is -0.506 e. The number of ketones is 1. The molecule has 0 aliphatic heterocycles. The van der Waals surface area contributed by atoms with Crippen molar-refractivity contribution in [3.8, 4) is 5.75 Å². The Morgan fingerprint density at radius 1 is 1.21 bits per heavy atom. The second-order valence-electron chi connectivity index (χ2n) is 5.36. The van der Waals surface area contributed by atoms with E-state index in [1.807, 2.05) is 13.0 Å². The molecule has 3 rings (SSSR count). The van der Waals surface area contributed by atoms with Gasteiger partial charge in [0.2, 0.25) is 0 Å². The number of nitrogens with one attached hydrogen (secondary N) is 1. The average molecular weight is 340 g/mol. The average Bonchev–Trinajstić information content (AvgIpc) is 2.55. The summed E-state index contributed by atoms with van der Waals surface area (Å²) in [6.45, 7) is 1.87. The van der Waals surface area contributed by atoms with E-state index in [2.05, 4.69) is 4.98 Å². The van der Waals surface area contributed by atoms with E-state index in [0.717, 1.165) is 5.56 Å². The van der Waals surface area contributed by atoms with Gasteiger partial charge in [-0.3, -0.25) is 14.9 Å². The van der Waals surface area contributed by atoms with Crippen LogP contribution in [0.25, 0.3) is 10.9 Å². The highest BCUT2D eigenvalue weighted by molar-refractivity contribution is 7.71. The van der Waals surface area contributed by atoms with Crippen LogP contribution in [0.2, 0.25) is 0 Å². The molecule has 7 heteroatoms. The number of aromatic hydroxyl groups is 1. The summed E-state index contributed by atoms with van der Waals surface area (Å²) in [5.74, 6) is -0.687. The van der Waals surface area contributed by atoms with Gasteiger partial charge in [-0.2, -0.15) is 0 Å². The number of aromatic amines is 1. The Morgan fingerprint density at radius 2 is 1.88 bits per heavy atom. The topological polar surface area (TPSA) is 96.2 Å². The van der Waals surface area contributed by atoms with E-state index in [1.165, 1.54) is 24.3 Å². The molecule has 0 unspecified atom stereocenters. The molecule has 1 heterocycles. The number of nitro groups is 1. The molecule has 120 valence electrons. The summed E-state index contributed by atoms with van der Waals surface area (Å²) in [4.78, 5) is 25.8. The minimum atomic E-state index is -0.545. The molecule has 6 nitrogen and oxygen atoms in total. The lowest BCUT2D eigenvalue weighted by atomic mass is 10.0. The Hall–Kier alpha value is -3.06. The van der Waals surface area contributed by atoms with Crippen molar-refractivity contribution in [2.24, 2.45) is 0 Å². The molecule has 0 saturated heterocycles. The van der Waals surface area contributed by atoms with Gasteiger partial charge in [0.05, 0.1) is 16.0 Å². The van der Waals surface area contributed by atoms with Crippen molar-refractivity contribution >= 4 is 34.6 Å². The number of hydrogen-bond donors (Lipinski definition) is 2. The molecule has 0 bridgehead atoms. The van der Waals surface area contributed by atoms with Crippen LogP contribution in [-0.2, 0) is 0 Å². The van der Waals surface area contributed by atoms with Gasteiger partial charge in [-0.05, 0) is 31.2 Å². The monoisotopic (exact) mass is 340 g/mol. The maximum atomic E-state index is 12.7. The van der Waals surface area contributed by atoms with Gasteiger partial charge in [0.1, 0.15) is 10.4 Å². The standard InChI is InChI=1S/C17H12N2O4S/c1-9-2-7-13-12(8-9)16(21)14(17(24)18-13)15(20)10-3-5-11(6-4-10)19(22)23/h2-8H,1H3,(H2,18,21,24). The van der Waals surface area contributed by atoms with Crippen molar-refractivity contribution < 1.29 is 14.8 Å². The number of benzene rings is 2. The smallest absolute Gasteiger partial charge is 0.269 e. The third-order valence-corrected chi connectivity index (χ3v) is 4.02. The second-order valence-corrected chi connectivity index (χ2v) is 5.77. The number of nitrogens with zero attached hydrogens (tertiary/aromatic N) is 1. The van der Waals surface area contributed by atoms with Gasteiger partial charge >= 0.3 is 0 Å². The number of pyridine rings is 1. The Balaban J connectivity index is 2.16. The number of carbonyl (C=O) groups excluding carboxylic acids is 1. The molecule has 2 N–H and O–H groups in total. The zero-order valence-electron chi connectivity index (χ0n) is 12.6. The lowest BCUT2D eigenvalue weighted by Crippen LogP contribution is -2.04. The lowest BCUT2D eigenvalue weighted by Gasteiger charge is -2.09. The Labute approximate surface area is 141 Å². The van der Waals surface area contributed by atoms with Crippen LogP contribution >= 0.6 is 12.2 Å². The number of aryl methyl sites for hydroxylation is 1. The molecule has 0 amide bonds. The van der Waals surface area contributed by atoms with Crippen LogP contribution < -0.4 is 0 Å². The molecular formula is C17H12N2O4S. The number of fused-ring (bicyclic) bond motifs is 1. The van der Waals surface area contributed by atoms with Crippen LogP contribution in [0, 0.1) is 21.7 Å². The number of H-pyrrole nitrogens is 1. The van der Waals surface area contributed by atoms with Crippen LogP contribution in [-0.4, -0.2) is 20.8 Å². The fourth-order valence-electron chi connectivity index (χ4n) is 2.48. The molecule has 2 aromatic carbocycles. The van der Waals surface area contributed by atoms with Crippen LogP contribution in [0.1, 0.15) is 21.5 Å². The quantitative estimate of drug-likeness (QED) is 0.324. The minimum absolute atomic E-state index is 0.0167. The summed E-state index contributed by atoms with van der Waals surface area (Å²) in [7, 11) is 0. The predicted molar refractivity (Wildman–Crippen MR) is 92.1 cm³/mol. The Morgan fingerprint density at radius 3 is 2.50 bits per heavy atom. The molecular weight excluding hydrogens is 328 g/mol. The molecule has 0 spiro atoms. The van der Waals surface area contributed by atoms with Crippen molar-refractivity contribution in [3.63, 3.8) is 0 Å². The Bertz CT molecular complexity index is 1040. The summed E-state index contributed by atoms with van der Waals surface area (Å²) in [6, 6.07) is 10.6. The number of aromatic nitrogens is 1. The summed E-state index contributed by atoms with van der Waals surface area (Å²) in [5, 5.41) is 21.7. The van der Waals surface area contributed by atoms with Crippen molar-refractivity contribution in [2.45, 2.75) is 6.92 Å². The number of nitro benzene ring substituents is 1. The maximum absolute atomic E-state index is 12.7. The fraction of sp³-hybridized carbons (Fsp3) is 0.0588. The highest BCUT2D eigenvalue weighted by Crippen LogP contribution is 2.30. The second kappa shape index (κ2) is 5.86. The largest absolute Gasteiger partial charge is 0.506 e. The lowest BCUT2D eigenvalue weighted by molar-refractivity contribution is -0.384. The van der Waals surface area contributed by atoms with E-state index in [4.69, 9.17) is 12.2 Å². The number of non-ortho nitro benzene ring substituents is 1. The third-order valence-electron chi connectivity index (χ3n) is 3.71. The SMILES string of the molecule is Cc1ccc2[nH]c(=S)c(C(=O)c3ccc([N+](=O)[O-])cc3)c(O)c2c1. The van der Waals surface area contributed by atoms with E-state index < -0.39 is 10.7 Å². The first-order valence-corrected chi connectivity index (χ1v) is 7.44. The van der Waals surface area contributed by atoms with E-state index in [9.17, 15) is 20.0 Å². The number of rotatable bonds is 3. The van der Waals surface area contributed by atoms with Crippen molar-refractivity contribution in [1.29, 1.82) is 0 Å². The molecule has 0 atom stereocenters. The van der Waals surface area contributed by atoms with Crippen molar-refractivity contribution in [2.75, 3.05) is 0 Å². The van der Waals surface area contributed by atoms with Gasteiger partial charge in [-0.25, -0.2) is 0 Å². The van der Waals surface area contributed by atoms with Crippen LogP contribution in [0.4, 0.5) is 5.69 Å². The molecule has 0 radical (unpaired) electrons. The van der Waals surface area contributed by atoms with E-state index in [0.29, 0.717) is 10.9 Å². The van der Waals surface area contributed by atoms with Gasteiger partial charge < -0.3 is 10.1 Å². The first-order valence-electron chi connectivity index (χ1n) is 7.03. The van der Waals surface area contributed by atoms with Crippen LogP contribution in [0.5, 0.6) is 5.75 Å². The predicted octanol–water partition coefficient (Wildman–Crippen LogP) is 4.05. The molecule has 24 heavy (non-hydrogen) atoms. The third kappa shape index (κ3) is 2.65. The number of carbonyl (C=O) groups is 1. The molecule has 3 aromatic rings. The van der Waals surface area contributed by atoms with Crippen LogP contribution in [0.15, 0.2) is 42.5 Å². The van der Waals surface area contributed by atoms with Gasteiger partial charge in [-0.15, -0.1) is 0 Å².